The summed E-state index contributed by atoms with van der Waals surface area (Å²) in [5.41, 5.74) is 0.819. The Morgan fingerprint density at radius 2 is 1.80 bits per heavy atom. The molecule has 0 saturated heterocycles. The SMILES string of the molecule is CCCC(C)C(=O)NC(c1ccccc1)C(C)C(=O)O. The first-order valence-electron chi connectivity index (χ1n) is 7.05. The summed E-state index contributed by atoms with van der Waals surface area (Å²) in [7, 11) is 0. The zero-order valence-corrected chi connectivity index (χ0v) is 12.3. The summed E-state index contributed by atoms with van der Waals surface area (Å²) < 4.78 is 0. The Balaban J connectivity index is 2.89. The molecule has 2 N–H and O–H groups in total. The number of rotatable bonds is 7. The lowest BCUT2D eigenvalue weighted by atomic mass is 9.93. The molecule has 0 aromatic heterocycles. The van der Waals surface area contributed by atoms with Gasteiger partial charge in [-0.05, 0) is 18.9 Å². The number of amides is 1. The van der Waals surface area contributed by atoms with Crippen LogP contribution in [0.4, 0.5) is 0 Å². The first kappa shape index (κ1) is 16.2. The predicted molar refractivity (Wildman–Crippen MR) is 78.2 cm³/mol. The van der Waals surface area contributed by atoms with E-state index in [1.165, 1.54) is 0 Å². The van der Waals surface area contributed by atoms with Crippen molar-refractivity contribution in [2.24, 2.45) is 11.8 Å². The number of nitrogens with one attached hydrogen (secondary N) is 1. The highest BCUT2D eigenvalue weighted by atomic mass is 16.4. The molecule has 4 heteroatoms. The molecule has 0 heterocycles. The van der Waals surface area contributed by atoms with Gasteiger partial charge in [0.25, 0.3) is 0 Å². The first-order valence-corrected chi connectivity index (χ1v) is 7.05. The smallest absolute Gasteiger partial charge is 0.308 e. The van der Waals surface area contributed by atoms with Crippen LogP contribution < -0.4 is 5.32 Å². The lowest BCUT2D eigenvalue weighted by Crippen LogP contribution is -2.38. The number of carbonyl (C=O) groups excluding carboxylic acids is 1. The summed E-state index contributed by atoms with van der Waals surface area (Å²) in [6.45, 7) is 5.51. The van der Waals surface area contributed by atoms with Crippen molar-refractivity contribution in [1.82, 2.24) is 5.32 Å². The van der Waals surface area contributed by atoms with Crippen molar-refractivity contribution in [3.63, 3.8) is 0 Å². The molecule has 0 bridgehead atoms. The second-order valence-corrected chi connectivity index (χ2v) is 5.21. The van der Waals surface area contributed by atoms with Crippen molar-refractivity contribution in [3.8, 4) is 0 Å². The average molecular weight is 277 g/mol. The molecule has 0 aliphatic rings. The molecule has 0 saturated carbocycles. The Bertz CT molecular complexity index is 444. The van der Waals surface area contributed by atoms with Crippen molar-refractivity contribution in [2.45, 2.75) is 39.7 Å². The summed E-state index contributed by atoms with van der Waals surface area (Å²) in [4.78, 5) is 23.4. The molecule has 3 unspecified atom stereocenters. The maximum Gasteiger partial charge on any atom is 0.308 e. The van der Waals surface area contributed by atoms with Crippen molar-refractivity contribution >= 4 is 11.9 Å². The first-order chi connectivity index (χ1) is 9.47. The molecule has 20 heavy (non-hydrogen) atoms. The summed E-state index contributed by atoms with van der Waals surface area (Å²) in [6.07, 6.45) is 1.73. The van der Waals surface area contributed by atoms with E-state index in [9.17, 15) is 14.7 Å². The van der Waals surface area contributed by atoms with Gasteiger partial charge in [-0.25, -0.2) is 0 Å². The van der Waals surface area contributed by atoms with Gasteiger partial charge in [0.2, 0.25) is 5.91 Å². The van der Waals surface area contributed by atoms with E-state index in [0.29, 0.717) is 0 Å². The second kappa shape index (κ2) is 7.68. The molecule has 4 nitrogen and oxygen atoms in total. The van der Waals surface area contributed by atoms with Crippen LogP contribution in [0.25, 0.3) is 0 Å². The van der Waals surface area contributed by atoms with E-state index < -0.39 is 17.9 Å². The maximum atomic E-state index is 12.1. The van der Waals surface area contributed by atoms with Gasteiger partial charge >= 0.3 is 5.97 Å². The maximum absolute atomic E-state index is 12.1. The quantitative estimate of drug-likeness (QED) is 0.805. The van der Waals surface area contributed by atoms with Gasteiger partial charge in [0, 0.05) is 5.92 Å². The molecule has 0 spiro atoms. The molecule has 3 atom stereocenters. The minimum absolute atomic E-state index is 0.0891. The highest BCUT2D eigenvalue weighted by Crippen LogP contribution is 2.23. The van der Waals surface area contributed by atoms with Crippen LogP contribution in [-0.4, -0.2) is 17.0 Å². The van der Waals surface area contributed by atoms with Gasteiger partial charge < -0.3 is 10.4 Å². The van der Waals surface area contributed by atoms with E-state index in [1.807, 2.05) is 44.2 Å². The van der Waals surface area contributed by atoms with Crippen molar-refractivity contribution in [2.75, 3.05) is 0 Å². The summed E-state index contributed by atoms with van der Waals surface area (Å²) >= 11 is 0. The number of carbonyl (C=O) groups is 2. The molecular weight excluding hydrogens is 254 g/mol. The molecule has 1 aromatic carbocycles. The number of carboxylic acid groups (broad SMARTS) is 1. The van der Waals surface area contributed by atoms with Crippen LogP contribution in [0.2, 0.25) is 0 Å². The Labute approximate surface area is 120 Å². The minimum atomic E-state index is -0.915. The van der Waals surface area contributed by atoms with E-state index in [-0.39, 0.29) is 11.8 Å². The number of carboxylic acids is 1. The van der Waals surface area contributed by atoms with Crippen molar-refractivity contribution in [1.29, 1.82) is 0 Å². The fourth-order valence-electron chi connectivity index (χ4n) is 2.16. The fraction of sp³-hybridized carbons (Fsp3) is 0.500. The Morgan fingerprint density at radius 1 is 1.20 bits per heavy atom. The van der Waals surface area contributed by atoms with Gasteiger partial charge in [0.1, 0.15) is 0 Å². The third-order valence-electron chi connectivity index (χ3n) is 3.52. The summed E-state index contributed by atoms with van der Waals surface area (Å²) in [5.74, 6) is -1.78. The van der Waals surface area contributed by atoms with Gasteiger partial charge in [-0.1, -0.05) is 50.6 Å². The van der Waals surface area contributed by atoms with Crippen molar-refractivity contribution in [3.05, 3.63) is 35.9 Å². The van der Waals surface area contributed by atoms with Gasteiger partial charge in [-0.15, -0.1) is 0 Å². The van der Waals surface area contributed by atoms with Gasteiger partial charge in [-0.2, -0.15) is 0 Å². The predicted octanol–water partition coefficient (Wildman–Crippen LogP) is 3.00. The molecule has 0 fully saturated rings. The lowest BCUT2D eigenvalue weighted by molar-refractivity contribution is -0.142. The van der Waals surface area contributed by atoms with Gasteiger partial charge in [-0.3, -0.25) is 9.59 Å². The summed E-state index contributed by atoms with van der Waals surface area (Å²) in [6, 6.07) is 8.74. The molecule has 110 valence electrons. The molecule has 1 rings (SSSR count). The monoisotopic (exact) mass is 277 g/mol. The van der Waals surface area contributed by atoms with E-state index in [0.717, 1.165) is 18.4 Å². The van der Waals surface area contributed by atoms with Crippen LogP contribution >= 0.6 is 0 Å². The largest absolute Gasteiger partial charge is 0.481 e. The van der Waals surface area contributed by atoms with Crippen LogP contribution in [0, 0.1) is 11.8 Å². The topological polar surface area (TPSA) is 66.4 Å². The number of hydrogen-bond acceptors (Lipinski definition) is 2. The van der Waals surface area contributed by atoms with Gasteiger partial charge in [0.05, 0.1) is 12.0 Å². The summed E-state index contributed by atoms with van der Waals surface area (Å²) in [5, 5.41) is 12.1. The second-order valence-electron chi connectivity index (χ2n) is 5.21. The number of benzene rings is 1. The van der Waals surface area contributed by atoms with E-state index in [4.69, 9.17) is 0 Å². The minimum Gasteiger partial charge on any atom is -0.481 e. The van der Waals surface area contributed by atoms with Crippen LogP contribution in [0.15, 0.2) is 30.3 Å². The highest BCUT2D eigenvalue weighted by molar-refractivity contribution is 5.80. The van der Waals surface area contributed by atoms with Crippen LogP contribution in [-0.2, 0) is 9.59 Å². The van der Waals surface area contributed by atoms with Crippen LogP contribution in [0.5, 0.6) is 0 Å². The molecular formula is C16H23NO3. The van der Waals surface area contributed by atoms with E-state index in [2.05, 4.69) is 5.32 Å². The zero-order chi connectivity index (χ0) is 15.1. The highest BCUT2D eigenvalue weighted by Gasteiger charge is 2.27. The molecule has 0 radical (unpaired) electrons. The number of hydrogen-bond donors (Lipinski definition) is 2. The lowest BCUT2D eigenvalue weighted by Gasteiger charge is -2.24. The normalized spacial score (nSPS) is 15.2. The standard InChI is InChI=1S/C16H23NO3/c1-4-8-11(2)15(18)17-14(12(3)16(19)20)13-9-6-5-7-10-13/h5-7,9-12,14H,4,8H2,1-3H3,(H,17,18)(H,19,20). The Kier molecular flexibility index (Phi) is 6.22. The number of aliphatic carboxylic acids is 1. The Morgan fingerprint density at radius 3 is 2.30 bits per heavy atom. The average Bonchev–Trinajstić information content (AvgIpc) is 2.44. The molecule has 1 aromatic rings. The zero-order valence-electron chi connectivity index (χ0n) is 12.3. The van der Waals surface area contributed by atoms with Crippen molar-refractivity contribution < 1.29 is 14.7 Å². The molecule has 0 aliphatic heterocycles. The third-order valence-corrected chi connectivity index (χ3v) is 3.52. The van der Waals surface area contributed by atoms with E-state index in [1.54, 1.807) is 6.92 Å². The van der Waals surface area contributed by atoms with Crippen LogP contribution in [0.1, 0.15) is 45.2 Å². The van der Waals surface area contributed by atoms with Crippen LogP contribution in [0.3, 0.4) is 0 Å². The Hall–Kier alpha value is -1.84. The van der Waals surface area contributed by atoms with E-state index >= 15 is 0 Å². The van der Waals surface area contributed by atoms with Gasteiger partial charge in [0.15, 0.2) is 0 Å². The third kappa shape index (κ3) is 4.37. The molecule has 1 amide bonds. The molecule has 0 aliphatic carbocycles. The fourth-order valence-corrected chi connectivity index (χ4v) is 2.16.